The molecule has 4 nitrogen and oxygen atoms in total. The van der Waals surface area contributed by atoms with Gasteiger partial charge in [-0.15, -0.1) is 4.72 Å². The van der Waals surface area contributed by atoms with Crippen molar-refractivity contribution in [1.29, 1.82) is 0 Å². The van der Waals surface area contributed by atoms with Gasteiger partial charge in [0.2, 0.25) is 0 Å². The van der Waals surface area contributed by atoms with Crippen LogP contribution in [-0.4, -0.2) is 31.2 Å². The van der Waals surface area contributed by atoms with E-state index in [0.717, 1.165) is 0 Å². The van der Waals surface area contributed by atoms with Crippen LogP contribution in [-0.2, 0) is 11.4 Å². The monoisotopic (exact) mass is 362 g/mol. The predicted molar refractivity (Wildman–Crippen MR) is 91.3 cm³/mol. The third kappa shape index (κ3) is 4.79. The van der Waals surface area contributed by atoms with Crippen molar-refractivity contribution in [3.05, 3.63) is 29.0 Å². The van der Waals surface area contributed by atoms with Gasteiger partial charge in [0, 0.05) is 22.6 Å². The Hall–Kier alpha value is -0.400. The molecule has 0 radical (unpaired) electrons. The van der Waals surface area contributed by atoms with Gasteiger partial charge in [-0.25, -0.2) is 4.39 Å². The van der Waals surface area contributed by atoms with Gasteiger partial charge in [-0.2, -0.15) is 0 Å². The van der Waals surface area contributed by atoms with Crippen LogP contribution in [0.5, 0.6) is 0 Å². The Morgan fingerprint density at radius 2 is 2.09 bits per heavy atom. The van der Waals surface area contributed by atoms with Crippen LogP contribution in [0.15, 0.2) is 18.3 Å². The lowest BCUT2D eigenvalue weighted by atomic mass is 9.78. The van der Waals surface area contributed by atoms with Gasteiger partial charge in [0.15, 0.2) is 0 Å². The van der Waals surface area contributed by atoms with Crippen molar-refractivity contribution in [2.75, 3.05) is 0 Å². The van der Waals surface area contributed by atoms with Crippen molar-refractivity contribution in [3.8, 4) is 0 Å². The molecule has 1 aromatic heterocycles. The van der Waals surface area contributed by atoms with E-state index in [4.69, 9.17) is 11.6 Å². The molecule has 0 aliphatic heterocycles. The van der Waals surface area contributed by atoms with E-state index in [9.17, 15) is 14.0 Å². The number of hydrogen-bond acceptors (Lipinski definition) is 4. The van der Waals surface area contributed by atoms with Crippen molar-refractivity contribution in [3.63, 3.8) is 0 Å². The lowest BCUT2D eigenvalue weighted by molar-refractivity contribution is -0.0418. The van der Waals surface area contributed by atoms with Crippen molar-refractivity contribution in [2.45, 2.75) is 69.0 Å². The third-order valence-electron chi connectivity index (χ3n) is 4.14. The van der Waals surface area contributed by atoms with E-state index in [1.54, 1.807) is 18.3 Å². The second-order valence-corrected chi connectivity index (χ2v) is 9.54. The molecule has 0 bridgehead atoms. The highest BCUT2D eigenvalue weighted by Crippen LogP contribution is 2.40. The third-order valence-corrected chi connectivity index (χ3v) is 5.94. The number of nitrogens with zero attached hydrogens (tertiary/aromatic N) is 1. The van der Waals surface area contributed by atoms with Gasteiger partial charge in [0.25, 0.3) is 0 Å². The standard InChI is InChI=1S/C16H24ClFN2O2S/c1-15(2,3)23(22)20-14(13-10-11(17)6-9-19-13)16(21)7-4-12(18)5-8-16/h6,9-10,12,14,20-21H,4-5,7-8H2,1-3H3/t12-,14-,16+,23?/m0/s1. The first-order valence-corrected chi connectivity index (χ1v) is 9.30. The molecule has 0 aromatic carbocycles. The highest BCUT2D eigenvalue weighted by Gasteiger charge is 2.45. The number of pyridine rings is 1. The quantitative estimate of drug-likeness (QED) is 0.805. The minimum atomic E-state index is -1.40. The molecular weight excluding hydrogens is 339 g/mol. The summed E-state index contributed by atoms with van der Waals surface area (Å²) in [5.41, 5.74) is -0.670. The fraction of sp³-hybridized carbons (Fsp3) is 0.688. The van der Waals surface area contributed by atoms with Gasteiger partial charge in [-0.3, -0.25) is 4.98 Å². The van der Waals surface area contributed by atoms with Crippen LogP contribution in [0.4, 0.5) is 4.39 Å². The summed E-state index contributed by atoms with van der Waals surface area (Å²) < 4.78 is 28.5. The summed E-state index contributed by atoms with van der Waals surface area (Å²) in [6.45, 7) is 5.54. The SMILES string of the molecule is CC(C)(C)[S+]([O-])N[C@@H](c1cc(Cl)ccn1)[C@]1(O)CC[C@@H](F)CC1. The maximum atomic E-state index is 13.5. The molecule has 0 spiro atoms. The largest absolute Gasteiger partial charge is 0.598 e. The molecule has 1 aliphatic carbocycles. The Kier molecular flexibility index (Phi) is 5.95. The molecule has 0 amide bonds. The van der Waals surface area contributed by atoms with E-state index in [1.807, 2.05) is 20.8 Å². The first-order valence-electron chi connectivity index (χ1n) is 7.78. The predicted octanol–water partition coefficient (Wildman–Crippen LogP) is 3.47. The van der Waals surface area contributed by atoms with E-state index in [2.05, 4.69) is 9.71 Å². The summed E-state index contributed by atoms with van der Waals surface area (Å²) in [4.78, 5) is 4.28. The highest BCUT2D eigenvalue weighted by molar-refractivity contribution is 7.90. The number of aromatic nitrogens is 1. The number of alkyl halides is 1. The lowest BCUT2D eigenvalue weighted by Crippen LogP contribution is -2.52. The van der Waals surface area contributed by atoms with Crippen LogP contribution in [0.3, 0.4) is 0 Å². The summed E-state index contributed by atoms with van der Waals surface area (Å²) in [6.07, 6.45) is 1.82. The molecule has 23 heavy (non-hydrogen) atoms. The molecule has 1 saturated carbocycles. The highest BCUT2D eigenvalue weighted by atomic mass is 35.5. The van der Waals surface area contributed by atoms with E-state index in [0.29, 0.717) is 23.6 Å². The van der Waals surface area contributed by atoms with Gasteiger partial charge in [-0.05, 0) is 58.6 Å². The molecule has 1 aliphatic rings. The average molecular weight is 363 g/mol. The Balaban J connectivity index is 2.31. The molecule has 2 atom stereocenters. The second kappa shape index (κ2) is 7.23. The molecule has 0 saturated heterocycles. The maximum absolute atomic E-state index is 13.5. The van der Waals surface area contributed by atoms with Crippen LogP contribution in [0.2, 0.25) is 5.02 Å². The van der Waals surface area contributed by atoms with Crippen molar-refractivity contribution < 1.29 is 14.0 Å². The fourth-order valence-electron chi connectivity index (χ4n) is 2.68. The summed E-state index contributed by atoms with van der Waals surface area (Å²) in [7, 11) is 0. The van der Waals surface area contributed by atoms with Crippen LogP contribution in [0, 0.1) is 0 Å². The van der Waals surface area contributed by atoms with Crippen LogP contribution in [0.25, 0.3) is 0 Å². The van der Waals surface area contributed by atoms with Gasteiger partial charge < -0.3 is 9.66 Å². The maximum Gasteiger partial charge on any atom is 0.136 e. The van der Waals surface area contributed by atoms with Gasteiger partial charge in [0.1, 0.15) is 17.0 Å². The van der Waals surface area contributed by atoms with Crippen LogP contribution < -0.4 is 4.72 Å². The molecule has 1 fully saturated rings. The number of rotatable bonds is 4. The van der Waals surface area contributed by atoms with Crippen LogP contribution in [0.1, 0.15) is 58.2 Å². The fourth-order valence-corrected chi connectivity index (χ4v) is 3.76. The molecule has 1 unspecified atom stereocenters. The van der Waals surface area contributed by atoms with E-state index >= 15 is 0 Å². The molecule has 2 N–H and O–H groups in total. The molecular formula is C16H24ClFN2O2S. The van der Waals surface area contributed by atoms with E-state index < -0.39 is 33.9 Å². The van der Waals surface area contributed by atoms with Crippen molar-refractivity contribution >= 4 is 23.0 Å². The van der Waals surface area contributed by atoms with Crippen molar-refractivity contribution in [1.82, 2.24) is 9.71 Å². The first-order chi connectivity index (χ1) is 10.6. The molecule has 130 valence electrons. The zero-order chi connectivity index (χ0) is 17.3. The molecule has 1 heterocycles. The van der Waals surface area contributed by atoms with Gasteiger partial charge >= 0.3 is 0 Å². The van der Waals surface area contributed by atoms with Crippen LogP contribution >= 0.6 is 11.6 Å². The summed E-state index contributed by atoms with van der Waals surface area (Å²) in [6, 6.07) is 2.64. The van der Waals surface area contributed by atoms with Gasteiger partial charge in [-0.1, -0.05) is 11.6 Å². The minimum Gasteiger partial charge on any atom is -0.598 e. The van der Waals surface area contributed by atoms with E-state index in [-0.39, 0.29) is 12.8 Å². The Bertz CT molecular complexity index is 533. The Morgan fingerprint density at radius 3 is 2.61 bits per heavy atom. The number of halogens is 2. The Morgan fingerprint density at radius 1 is 1.48 bits per heavy atom. The zero-order valence-corrected chi connectivity index (χ0v) is 15.3. The number of hydrogen-bond donors (Lipinski definition) is 2. The minimum absolute atomic E-state index is 0.289. The second-order valence-electron chi connectivity index (χ2n) is 7.11. The lowest BCUT2D eigenvalue weighted by Gasteiger charge is -2.40. The summed E-state index contributed by atoms with van der Waals surface area (Å²) in [5, 5.41) is 11.6. The first kappa shape index (κ1) is 18.9. The molecule has 7 heteroatoms. The summed E-state index contributed by atoms with van der Waals surface area (Å²) >= 11 is 4.64. The van der Waals surface area contributed by atoms with Gasteiger partial charge in [0.05, 0.1) is 11.3 Å². The summed E-state index contributed by atoms with van der Waals surface area (Å²) in [5.74, 6) is 0. The zero-order valence-electron chi connectivity index (χ0n) is 13.7. The van der Waals surface area contributed by atoms with E-state index in [1.165, 1.54) is 0 Å². The van der Waals surface area contributed by atoms with Crippen molar-refractivity contribution in [2.24, 2.45) is 0 Å². The average Bonchev–Trinajstić information content (AvgIpc) is 2.46. The number of aliphatic hydroxyl groups is 1. The molecule has 1 aromatic rings. The normalized spacial score (nSPS) is 28.4. The Labute approximate surface area is 145 Å². The topological polar surface area (TPSA) is 68.2 Å². The smallest absolute Gasteiger partial charge is 0.136 e. The number of nitrogens with one attached hydrogen (secondary N) is 1. The molecule has 2 rings (SSSR count).